The van der Waals surface area contributed by atoms with Gasteiger partial charge in [-0.2, -0.15) is 0 Å². The maximum atomic E-state index is 12.0. The minimum absolute atomic E-state index is 0.118. The zero-order valence-electron chi connectivity index (χ0n) is 16.1. The van der Waals surface area contributed by atoms with Crippen LogP contribution in [0.15, 0.2) is 24.3 Å². The summed E-state index contributed by atoms with van der Waals surface area (Å²) < 4.78 is 10.0. The van der Waals surface area contributed by atoms with Crippen LogP contribution in [0.1, 0.15) is 43.5 Å². The summed E-state index contributed by atoms with van der Waals surface area (Å²) in [6, 6.07) is 6.71. The first kappa shape index (κ1) is 20.7. The second-order valence-electron chi connectivity index (χ2n) is 7.02. The third kappa shape index (κ3) is 6.27. The number of rotatable bonds is 7. The van der Waals surface area contributed by atoms with Crippen LogP contribution >= 0.6 is 0 Å². The highest BCUT2D eigenvalue weighted by atomic mass is 16.5. The molecule has 1 saturated carbocycles. The summed E-state index contributed by atoms with van der Waals surface area (Å²) in [4.78, 5) is 35.8. The van der Waals surface area contributed by atoms with Crippen molar-refractivity contribution in [3.8, 4) is 5.75 Å². The van der Waals surface area contributed by atoms with Crippen molar-refractivity contribution in [2.75, 3.05) is 20.3 Å². The van der Waals surface area contributed by atoms with Gasteiger partial charge in [-0.15, -0.1) is 0 Å². The lowest BCUT2D eigenvalue weighted by Crippen LogP contribution is -2.45. The first-order chi connectivity index (χ1) is 12.9. The zero-order chi connectivity index (χ0) is 19.8. The monoisotopic (exact) mass is 376 g/mol. The van der Waals surface area contributed by atoms with Gasteiger partial charge in [-0.3, -0.25) is 14.4 Å². The molecular weight excluding hydrogens is 348 g/mol. The van der Waals surface area contributed by atoms with Crippen molar-refractivity contribution in [3.63, 3.8) is 0 Å². The molecule has 3 atom stereocenters. The largest absolute Gasteiger partial charge is 0.497 e. The van der Waals surface area contributed by atoms with E-state index in [-0.39, 0.29) is 25.1 Å². The summed E-state index contributed by atoms with van der Waals surface area (Å²) >= 11 is 0. The second-order valence-corrected chi connectivity index (χ2v) is 7.02. The van der Waals surface area contributed by atoms with Crippen LogP contribution in [-0.4, -0.2) is 44.1 Å². The van der Waals surface area contributed by atoms with Crippen molar-refractivity contribution in [2.24, 2.45) is 11.8 Å². The summed E-state index contributed by atoms with van der Waals surface area (Å²) in [5.41, 5.74) is 0.375. The summed E-state index contributed by atoms with van der Waals surface area (Å²) in [6.45, 7) is 3.68. The van der Waals surface area contributed by atoms with E-state index in [1.54, 1.807) is 24.3 Å². The van der Waals surface area contributed by atoms with E-state index < -0.39 is 11.9 Å². The highest BCUT2D eigenvalue weighted by Gasteiger charge is 2.28. The van der Waals surface area contributed by atoms with Crippen molar-refractivity contribution in [1.82, 2.24) is 10.6 Å². The minimum Gasteiger partial charge on any atom is -0.497 e. The Bertz CT molecular complexity index is 676. The Labute approximate surface area is 159 Å². The molecule has 1 fully saturated rings. The molecule has 0 unspecified atom stereocenters. The molecule has 2 N–H and O–H groups in total. The number of nitrogens with one attached hydrogen (secondary N) is 2. The van der Waals surface area contributed by atoms with Crippen LogP contribution in [-0.2, 0) is 14.3 Å². The minimum atomic E-state index is -0.661. The average molecular weight is 376 g/mol. The fourth-order valence-corrected chi connectivity index (χ4v) is 3.25. The Hall–Kier alpha value is -2.57. The molecule has 0 spiro atoms. The summed E-state index contributed by atoms with van der Waals surface area (Å²) in [5, 5.41) is 5.41. The molecule has 1 aromatic carbocycles. The Morgan fingerprint density at radius 3 is 2.70 bits per heavy atom. The van der Waals surface area contributed by atoms with E-state index in [0.717, 1.165) is 12.8 Å². The molecule has 7 nitrogen and oxygen atoms in total. The van der Waals surface area contributed by atoms with Crippen molar-refractivity contribution >= 4 is 17.8 Å². The van der Waals surface area contributed by atoms with Gasteiger partial charge in [0.15, 0.2) is 6.61 Å². The number of carbonyl (C=O) groups excluding carboxylic acids is 3. The summed E-state index contributed by atoms with van der Waals surface area (Å²) in [5.74, 6) is 0.132. The molecule has 1 aliphatic carbocycles. The third-order valence-corrected chi connectivity index (χ3v) is 5.14. The van der Waals surface area contributed by atoms with Crippen LogP contribution in [0.5, 0.6) is 5.75 Å². The molecule has 7 heteroatoms. The summed E-state index contributed by atoms with van der Waals surface area (Å²) in [6.07, 6.45) is 3.21. The van der Waals surface area contributed by atoms with Crippen LogP contribution in [0.25, 0.3) is 0 Å². The van der Waals surface area contributed by atoms with Gasteiger partial charge in [-0.25, -0.2) is 0 Å². The Kier molecular flexibility index (Phi) is 7.64. The van der Waals surface area contributed by atoms with Gasteiger partial charge in [0.05, 0.1) is 7.11 Å². The lowest BCUT2D eigenvalue weighted by Gasteiger charge is -2.34. The highest BCUT2D eigenvalue weighted by molar-refractivity contribution is 5.96. The molecule has 0 heterocycles. The number of benzene rings is 1. The standard InChI is InChI=1S/C20H28N2O5/c1-13-6-4-9-17(14(13)2)22-18(23)12-27-19(24)11-21-20(25)15-7-5-8-16(10-15)26-3/h5,7-8,10,13-14,17H,4,6,9,11-12H2,1-3H3,(H,21,25)(H,22,23)/t13-,14-,17-/m1/s1. The van der Waals surface area contributed by atoms with Gasteiger partial charge in [-0.05, 0) is 36.5 Å². The number of methoxy groups -OCH3 is 1. The Morgan fingerprint density at radius 1 is 1.19 bits per heavy atom. The first-order valence-electron chi connectivity index (χ1n) is 9.28. The van der Waals surface area contributed by atoms with Crippen LogP contribution in [0.2, 0.25) is 0 Å². The van der Waals surface area contributed by atoms with Gasteiger partial charge < -0.3 is 20.1 Å². The number of ether oxygens (including phenoxy) is 2. The fraction of sp³-hybridized carbons (Fsp3) is 0.550. The molecule has 1 aliphatic rings. The quantitative estimate of drug-likeness (QED) is 0.709. The van der Waals surface area contributed by atoms with Gasteiger partial charge >= 0.3 is 5.97 Å². The maximum absolute atomic E-state index is 12.0. The van der Waals surface area contributed by atoms with Crippen LogP contribution in [0.3, 0.4) is 0 Å². The van der Waals surface area contributed by atoms with Crippen molar-refractivity contribution < 1.29 is 23.9 Å². The van der Waals surface area contributed by atoms with Crippen molar-refractivity contribution in [1.29, 1.82) is 0 Å². The lowest BCUT2D eigenvalue weighted by atomic mass is 9.78. The molecule has 27 heavy (non-hydrogen) atoms. The van der Waals surface area contributed by atoms with Gasteiger partial charge in [0.2, 0.25) is 0 Å². The molecule has 2 amide bonds. The lowest BCUT2D eigenvalue weighted by molar-refractivity contribution is -0.147. The number of esters is 1. The number of hydrogen-bond donors (Lipinski definition) is 2. The Balaban J connectivity index is 1.71. The highest BCUT2D eigenvalue weighted by Crippen LogP contribution is 2.29. The van der Waals surface area contributed by atoms with E-state index in [2.05, 4.69) is 24.5 Å². The van der Waals surface area contributed by atoms with E-state index in [1.165, 1.54) is 13.5 Å². The van der Waals surface area contributed by atoms with Crippen LogP contribution in [0, 0.1) is 11.8 Å². The molecule has 0 saturated heterocycles. The molecule has 148 valence electrons. The zero-order valence-corrected chi connectivity index (χ0v) is 16.1. The molecule has 0 radical (unpaired) electrons. The number of amides is 2. The number of hydrogen-bond acceptors (Lipinski definition) is 5. The van der Waals surface area contributed by atoms with E-state index in [4.69, 9.17) is 9.47 Å². The molecule has 0 bridgehead atoms. The van der Waals surface area contributed by atoms with Gasteiger partial charge in [0.25, 0.3) is 11.8 Å². The Morgan fingerprint density at radius 2 is 1.96 bits per heavy atom. The van der Waals surface area contributed by atoms with Gasteiger partial charge in [-0.1, -0.05) is 32.8 Å². The van der Waals surface area contributed by atoms with Gasteiger partial charge in [0, 0.05) is 11.6 Å². The number of carbonyl (C=O) groups is 3. The van der Waals surface area contributed by atoms with E-state index in [1.807, 2.05) is 0 Å². The molecule has 1 aromatic rings. The molecule has 2 rings (SSSR count). The van der Waals surface area contributed by atoms with Crippen molar-refractivity contribution in [3.05, 3.63) is 29.8 Å². The van der Waals surface area contributed by atoms with E-state index in [0.29, 0.717) is 23.1 Å². The normalized spacial score (nSPS) is 21.8. The third-order valence-electron chi connectivity index (χ3n) is 5.14. The van der Waals surface area contributed by atoms with Crippen molar-refractivity contribution in [2.45, 2.75) is 39.2 Å². The predicted octanol–water partition coefficient (Wildman–Crippen LogP) is 1.91. The SMILES string of the molecule is COc1cccc(C(=O)NCC(=O)OCC(=O)N[C@@H]2CCC[C@@H](C)[C@H]2C)c1. The van der Waals surface area contributed by atoms with Crippen LogP contribution in [0.4, 0.5) is 0 Å². The smallest absolute Gasteiger partial charge is 0.325 e. The second kappa shape index (κ2) is 9.94. The van der Waals surface area contributed by atoms with E-state index in [9.17, 15) is 14.4 Å². The molecular formula is C20H28N2O5. The van der Waals surface area contributed by atoms with Gasteiger partial charge in [0.1, 0.15) is 12.3 Å². The fourth-order valence-electron chi connectivity index (χ4n) is 3.25. The topological polar surface area (TPSA) is 93.7 Å². The maximum Gasteiger partial charge on any atom is 0.325 e. The summed E-state index contributed by atoms with van der Waals surface area (Å²) in [7, 11) is 1.51. The molecule has 0 aliphatic heterocycles. The van der Waals surface area contributed by atoms with E-state index >= 15 is 0 Å². The predicted molar refractivity (Wildman–Crippen MR) is 100 cm³/mol. The van der Waals surface area contributed by atoms with Crippen LogP contribution < -0.4 is 15.4 Å². The first-order valence-corrected chi connectivity index (χ1v) is 9.28. The molecule has 0 aromatic heterocycles. The average Bonchev–Trinajstić information content (AvgIpc) is 2.68.